The zero-order valence-electron chi connectivity index (χ0n) is 13.3. The Bertz CT molecular complexity index is 1050. The molecule has 5 nitrogen and oxygen atoms in total. The average molecular weight is 329 g/mol. The van der Waals surface area contributed by atoms with Gasteiger partial charge >= 0.3 is 5.97 Å². The van der Waals surface area contributed by atoms with Crippen LogP contribution in [0.4, 0.5) is 0 Å². The van der Waals surface area contributed by atoms with E-state index in [9.17, 15) is 4.79 Å². The Morgan fingerprint density at radius 3 is 2.60 bits per heavy atom. The lowest BCUT2D eigenvalue weighted by molar-refractivity contribution is 0.0690. The molecule has 2 heterocycles. The number of carbonyl (C=O) groups is 1. The van der Waals surface area contributed by atoms with E-state index in [2.05, 4.69) is 28.3 Å². The summed E-state index contributed by atoms with van der Waals surface area (Å²) in [6, 6.07) is 19.9. The predicted octanol–water partition coefficient (Wildman–Crippen LogP) is 3.69. The highest BCUT2D eigenvalue weighted by atomic mass is 16.4. The van der Waals surface area contributed by atoms with Crippen LogP contribution in [0.15, 0.2) is 73.1 Å². The molecule has 0 atom stereocenters. The summed E-state index contributed by atoms with van der Waals surface area (Å²) < 4.78 is 1.51. The molecule has 2 aromatic carbocycles. The van der Waals surface area contributed by atoms with Crippen LogP contribution in [0.2, 0.25) is 0 Å². The zero-order valence-corrected chi connectivity index (χ0v) is 13.3. The number of hydrogen-bond donors (Lipinski definition) is 1. The fourth-order valence-corrected chi connectivity index (χ4v) is 2.89. The van der Waals surface area contributed by atoms with Crippen molar-refractivity contribution >= 4 is 11.6 Å². The van der Waals surface area contributed by atoms with Crippen LogP contribution in [0.3, 0.4) is 0 Å². The third kappa shape index (κ3) is 2.99. The van der Waals surface area contributed by atoms with Crippen molar-refractivity contribution in [2.45, 2.75) is 6.42 Å². The van der Waals surface area contributed by atoms with Gasteiger partial charge in [-0.15, -0.1) is 0 Å². The lowest BCUT2D eigenvalue weighted by Gasteiger charge is -2.10. The van der Waals surface area contributed by atoms with Gasteiger partial charge in [0.1, 0.15) is 0 Å². The van der Waals surface area contributed by atoms with Gasteiger partial charge in [-0.1, -0.05) is 54.6 Å². The van der Waals surface area contributed by atoms with E-state index in [0.29, 0.717) is 5.65 Å². The summed E-state index contributed by atoms with van der Waals surface area (Å²) in [5.41, 5.74) is 4.88. The molecule has 0 aliphatic heterocycles. The summed E-state index contributed by atoms with van der Waals surface area (Å²) in [6.07, 6.45) is 4.39. The van der Waals surface area contributed by atoms with Gasteiger partial charge < -0.3 is 5.11 Å². The van der Waals surface area contributed by atoms with Crippen LogP contribution in [0, 0.1) is 0 Å². The topological polar surface area (TPSA) is 67.5 Å². The Hall–Kier alpha value is -3.47. The second-order valence-electron chi connectivity index (χ2n) is 5.80. The van der Waals surface area contributed by atoms with E-state index in [-0.39, 0.29) is 5.69 Å². The second kappa shape index (κ2) is 6.20. The van der Waals surface area contributed by atoms with Gasteiger partial charge in [0.15, 0.2) is 11.3 Å². The summed E-state index contributed by atoms with van der Waals surface area (Å²) in [4.78, 5) is 15.4. The van der Waals surface area contributed by atoms with E-state index in [1.807, 2.05) is 42.6 Å². The Kier molecular flexibility index (Phi) is 3.74. The maximum atomic E-state index is 11.1. The van der Waals surface area contributed by atoms with Gasteiger partial charge in [-0.2, -0.15) is 5.10 Å². The Labute approximate surface area is 144 Å². The fourth-order valence-electron chi connectivity index (χ4n) is 2.89. The van der Waals surface area contributed by atoms with Crippen LogP contribution in [-0.4, -0.2) is 25.7 Å². The molecule has 0 radical (unpaired) electrons. The SMILES string of the molecule is O=C(O)c1cc2ncc(-c3ccccc3Cc3ccccc3)cn2n1. The summed E-state index contributed by atoms with van der Waals surface area (Å²) in [5.74, 6) is -1.06. The van der Waals surface area contributed by atoms with Crippen LogP contribution in [0.25, 0.3) is 16.8 Å². The van der Waals surface area contributed by atoms with E-state index >= 15 is 0 Å². The number of aromatic nitrogens is 3. The Balaban J connectivity index is 1.76. The first-order valence-corrected chi connectivity index (χ1v) is 7.91. The lowest BCUT2D eigenvalue weighted by Crippen LogP contribution is -1.98. The third-order valence-electron chi connectivity index (χ3n) is 4.10. The molecule has 0 saturated heterocycles. The Morgan fingerprint density at radius 2 is 1.80 bits per heavy atom. The van der Waals surface area contributed by atoms with Crippen molar-refractivity contribution < 1.29 is 9.90 Å². The summed E-state index contributed by atoms with van der Waals surface area (Å²) in [5, 5.41) is 13.1. The van der Waals surface area contributed by atoms with E-state index in [4.69, 9.17) is 5.11 Å². The first kappa shape index (κ1) is 15.1. The van der Waals surface area contributed by atoms with Crippen molar-refractivity contribution in [3.63, 3.8) is 0 Å². The second-order valence-corrected chi connectivity index (χ2v) is 5.80. The molecule has 1 N–H and O–H groups in total. The minimum absolute atomic E-state index is 0.0118. The largest absolute Gasteiger partial charge is 0.476 e. The molecule has 0 amide bonds. The minimum atomic E-state index is -1.06. The highest BCUT2D eigenvalue weighted by molar-refractivity contribution is 5.86. The Morgan fingerprint density at radius 1 is 1.04 bits per heavy atom. The molecule has 4 aromatic rings. The molecule has 0 unspecified atom stereocenters. The molecule has 4 rings (SSSR count). The number of carboxylic acids is 1. The number of carboxylic acid groups (broad SMARTS) is 1. The summed E-state index contributed by atoms with van der Waals surface area (Å²) in [6.45, 7) is 0. The zero-order chi connectivity index (χ0) is 17.2. The number of fused-ring (bicyclic) bond motifs is 1. The van der Waals surface area contributed by atoms with Crippen molar-refractivity contribution in [2.75, 3.05) is 0 Å². The molecule has 0 spiro atoms. The highest BCUT2D eigenvalue weighted by Crippen LogP contribution is 2.25. The maximum Gasteiger partial charge on any atom is 0.356 e. The molecule has 122 valence electrons. The normalized spacial score (nSPS) is 10.9. The van der Waals surface area contributed by atoms with Gasteiger partial charge in [0.25, 0.3) is 0 Å². The molecule has 0 aliphatic rings. The number of hydrogen-bond acceptors (Lipinski definition) is 3. The molecule has 0 aliphatic carbocycles. The van der Waals surface area contributed by atoms with Crippen LogP contribution >= 0.6 is 0 Å². The minimum Gasteiger partial charge on any atom is -0.476 e. The van der Waals surface area contributed by atoms with E-state index in [1.165, 1.54) is 21.7 Å². The maximum absolute atomic E-state index is 11.1. The van der Waals surface area contributed by atoms with Gasteiger partial charge in [-0.05, 0) is 23.1 Å². The quantitative estimate of drug-likeness (QED) is 0.620. The smallest absolute Gasteiger partial charge is 0.356 e. The van der Waals surface area contributed by atoms with Crippen molar-refractivity contribution in [3.8, 4) is 11.1 Å². The summed E-state index contributed by atoms with van der Waals surface area (Å²) in [7, 11) is 0. The van der Waals surface area contributed by atoms with E-state index < -0.39 is 5.97 Å². The van der Waals surface area contributed by atoms with Crippen LogP contribution in [0.1, 0.15) is 21.6 Å². The average Bonchev–Trinajstić information content (AvgIpc) is 3.07. The van der Waals surface area contributed by atoms with Gasteiger partial charge in [0, 0.05) is 24.0 Å². The van der Waals surface area contributed by atoms with E-state index in [0.717, 1.165) is 17.5 Å². The van der Waals surface area contributed by atoms with Gasteiger partial charge in [0.05, 0.1) is 0 Å². The van der Waals surface area contributed by atoms with E-state index in [1.54, 1.807) is 6.20 Å². The monoisotopic (exact) mass is 329 g/mol. The number of rotatable bonds is 4. The summed E-state index contributed by atoms with van der Waals surface area (Å²) >= 11 is 0. The van der Waals surface area contributed by atoms with Crippen LogP contribution in [0.5, 0.6) is 0 Å². The highest BCUT2D eigenvalue weighted by Gasteiger charge is 2.12. The van der Waals surface area contributed by atoms with Gasteiger partial charge in [-0.25, -0.2) is 14.3 Å². The molecule has 25 heavy (non-hydrogen) atoms. The van der Waals surface area contributed by atoms with Gasteiger partial charge in [0.2, 0.25) is 0 Å². The van der Waals surface area contributed by atoms with Crippen molar-refractivity contribution in [2.24, 2.45) is 0 Å². The fraction of sp³-hybridized carbons (Fsp3) is 0.0500. The number of nitrogens with zero attached hydrogens (tertiary/aromatic N) is 3. The van der Waals surface area contributed by atoms with Gasteiger partial charge in [-0.3, -0.25) is 0 Å². The molecular formula is C20H15N3O2. The first-order valence-electron chi connectivity index (χ1n) is 7.91. The molecule has 0 fully saturated rings. The molecule has 2 aromatic heterocycles. The number of aromatic carboxylic acids is 1. The standard InChI is InChI=1S/C20H15N3O2/c24-20(25)18-11-19-21-12-16(13-23(19)22-18)17-9-5-4-8-15(17)10-14-6-2-1-3-7-14/h1-9,11-13H,10H2,(H,24,25). The molecular weight excluding hydrogens is 314 g/mol. The van der Waals surface area contributed by atoms with Crippen molar-refractivity contribution in [1.82, 2.24) is 14.6 Å². The third-order valence-corrected chi connectivity index (χ3v) is 4.10. The first-order chi connectivity index (χ1) is 12.2. The number of benzene rings is 2. The molecule has 0 bridgehead atoms. The lowest BCUT2D eigenvalue weighted by atomic mass is 9.96. The predicted molar refractivity (Wildman–Crippen MR) is 94.6 cm³/mol. The van der Waals surface area contributed by atoms with Crippen LogP contribution < -0.4 is 0 Å². The molecule has 0 saturated carbocycles. The van der Waals surface area contributed by atoms with Crippen molar-refractivity contribution in [3.05, 3.63) is 89.9 Å². The molecule has 5 heteroatoms. The van der Waals surface area contributed by atoms with Crippen LogP contribution in [-0.2, 0) is 6.42 Å². The van der Waals surface area contributed by atoms with Crippen molar-refractivity contribution in [1.29, 1.82) is 0 Å².